The average Bonchev–Trinajstić information content (AvgIpc) is 1.27. The van der Waals surface area contributed by atoms with Gasteiger partial charge in [-0.15, -0.1) is 0 Å². The van der Waals surface area contributed by atoms with Gasteiger partial charge in [-0.2, -0.15) is 0 Å². The zero-order valence-electron chi connectivity index (χ0n) is 3.12. The van der Waals surface area contributed by atoms with E-state index in [0.29, 0.717) is 0 Å². The number of thiol groups is 1. The van der Waals surface area contributed by atoms with Gasteiger partial charge in [0.25, 0.3) is 0 Å². The van der Waals surface area contributed by atoms with Crippen molar-refractivity contribution in [2.45, 2.75) is 0 Å². The maximum atomic E-state index is 9.52. The molecule has 0 atom stereocenters. The molecule has 0 saturated carbocycles. The summed E-state index contributed by atoms with van der Waals surface area (Å²) in [6.45, 7) is 0. The maximum absolute atomic E-state index is 9.52. The molecule has 0 aromatic heterocycles. The highest BCUT2D eigenvalue weighted by Gasteiger charge is 1.98. The van der Waals surface area contributed by atoms with E-state index in [2.05, 4.69) is 17.4 Å². The molecule has 4 nitrogen and oxygen atoms in total. The fraction of sp³-hybridized carbons (Fsp3) is 0. The third kappa shape index (κ3) is 5.29. The molecule has 0 spiro atoms. The molecule has 0 aromatic carbocycles. The first-order valence-corrected chi connectivity index (χ1v) is 1.71. The van der Waals surface area contributed by atoms with E-state index < -0.39 is 11.5 Å². The standard InChI is InChI=1S/C2H2O4S/c3-1(4)6-2(5)7/h(H,3,4)(H,5,7). The molecule has 0 aliphatic rings. The van der Waals surface area contributed by atoms with E-state index in [1.807, 2.05) is 0 Å². The van der Waals surface area contributed by atoms with Gasteiger partial charge < -0.3 is 9.84 Å². The summed E-state index contributed by atoms with van der Waals surface area (Å²) >= 11 is 3.00. The van der Waals surface area contributed by atoms with Crippen molar-refractivity contribution in [3.05, 3.63) is 0 Å². The van der Waals surface area contributed by atoms with Gasteiger partial charge in [-0.05, 0) is 0 Å². The van der Waals surface area contributed by atoms with Crippen LogP contribution < -0.4 is 0 Å². The van der Waals surface area contributed by atoms with Crippen molar-refractivity contribution in [2.75, 3.05) is 0 Å². The summed E-state index contributed by atoms with van der Waals surface area (Å²) in [4.78, 5) is 18.8. The lowest BCUT2D eigenvalue weighted by molar-refractivity contribution is 0.122. The second-order valence-corrected chi connectivity index (χ2v) is 0.999. The monoisotopic (exact) mass is 122 g/mol. The quantitative estimate of drug-likeness (QED) is 0.282. The van der Waals surface area contributed by atoms with Crippen molar-refractivity contribution in [2.24, 2.45) is 0 Å². The summed E-state index contributed by atoms with van der Waals surface area (Å²) in [5, 5.41) is 6.47. The van der Waals surface area contributed by atoms with Crippen LogP contribution in [-0.2, 0) is 4.74 Å². The Hall–Kier alpha value is -0.710. The normalized spacial score (nSPS) is 7.57. The number of rotatable bonds is 0. The van der Waals surface area contributed by atoms with Gasteiger partial charge in [-0.3, -0.25) is 0 Å². The topological polar surface area (TPSA) is 63.6 Å². The Kier molecular flexibility index (Phi) is 2.21. The van der Waals surface area contributed by atoms with E-state index in [9.17, 15) is 9.59 Å². The Morgan fingerprint density at radius 1 is 1.57 bits per heavy atom. The molecule has 0 aromatic rings. The minimum Gasteiger partial charge on any atom is -0.449 e. The van der Waals surface area contributed by atoms with E-state index in [1.54, 1.807) is 0 Å². The summed E-state index contributed by atoms with van der Waals surface area (Å²) in [6.07, 6.45) is -1.64. The van der Waals surface area contributed by atoms with Crippen LogP contribution in [0.1, 0.15) is 0 Å². The number of hydrogen-bond donors (Lipinski definition) is 2. The van der Waals surface area contributed by atoms with Crippen molar-refractivity contribution in [3.8, 4) is 0 Å². The lowest BCUT2D eigenvalue weighted by Crippen LogP contribution is -2.00. The minimum atomic E-state index is -1.64. The minimum absolute atomic E-state index is 1.12. The fourth-order valence-electron chi connectivity index (χ4n) is 0.0747. The first-order valence-electron chi connectivity index (χ1n) is 1.26. The Bertz CT molecular complexity index is 85.9. The zero-order valence-corrected chi connectivity index (χ0v) is 4.01. The second kappa shape index (κ2) is 2.46. The van der Waals surface area contributed by atoms with Gasteiger partial charge >= 0.3 is 11.5 Å². The molecular weight excluding hydrogens is 120 g/mol. The number of ether oxygens (including phenoxy) is 1. The van der Waals surface area contributed by atoms with Crippen molar-refractivity contribution >= 4 is 24.1 Å². The van der Waals surface area contributed by atoms with Crippen molar-refractivity contribution in [1.29, 1.82) is 0 Å². The SMILES string of the molecule is O=C(O)OC(=O)S. The first kappa shape index (κ1) is 6.29. The van der Waals surface area contributed by atoms with Crippen LogP contribution in [0.4, 0.5) is 9.59 Å². The number of carbonyl (C=O) groups excluding carboxylic acids is 1. The fourth-order valence-corrected chi connectivity index (χ4v) is 0.153. The van der Waals surface area contributed by atoms with Crippen LogP contribution in [0.3, 0.4) is 0 Å². The number of carbonyl (C=O) groups is 2. The van der Waals surface area contributed by atoms with Crippen LogP contribution in [0.2, 0.25) is 0 Å². The Labute approximate surface area is 44.5 Å². The molecule has 0 fully saturated rings. The molecule has 40 valence electrons. The van der Waals surface area contributed by atoms with Crippen LogP contribution >= 0.6 is 12.6 Å². The molecule has 1 N–H and O–H groups in total. The average molecular weight is 122 g/mol. The molecular formula is C2H2O4S. The van der Waals surface area contributed by atoms with Crippen molar-refractivity contribution < 1.29 is 19.4 Å². The van der Waals surface area contributed by atoms with Gasteiger partial charge in [-0.1, -0.05) is 12.6 Å². The predicted molar refractivity (Wildman–Crippen MR) is 23.5 cm³/mol. The van der Waals surface area contributed by atoms with E-state index >= 15 is 0 Å². The van der Waals surface area contributed by atoms with Gasteiger partial charge in [0.15, 0.2) is 0 Å². The van der Waals surface area contributed by atoms with E-state index in [1.165, 1.54) is 0 Å². The third-order valence-electron chi connectivity index (χ3n) is 0.175. The molecule has 5 heteroatoms. The third-order valence-corrected chi connectivity index (χ3v) is 0.266. The number of hydrogen-bond acceptors (Lipinski definition) is 3. The summed E-state index contributed by atoms with van der Waals surface area (Å²) in [5.74, 6) is 0. The van der Waals surface area contributed by atoms with Crippen LogP contribution in [-0.4, -0.2) is 16.6 Å². The van der Waals surface area contributed by atoms with Crippen LogP contribution in [0, 0.1) is 0 Å². The lowest BCUT2D eigenvalue weighted by atomic mass is 11.3. The lowest BCUT2D eigenvalue weighted by Gasteiger charge is -1.84. The van der Waals surface area contributed by atoms with Gasteiger partial charge in [0.2, 0.25) is 0 Å². The zero-order chi connectivity index (χ0) is 5.86. The van der Waals surface area contributed by atoms with E-state index in [0.717, 1.165) is 0 Å². The molecule has 0 unspecified atom stereocenters. The summed E-state index contributed by atoms with van der Waals surface area (Å²) in [7, 11) is 0. The molecule has 0 radical (unpaired) electrons. The Morgan fingerprint density at radius 2 is 2.00 bits per heavy atom. The first-order chi connectivity index (χ1) is 3.13. The second-order valence-electron chi connectivity index (χ2n) is 0.634. The molecule has 0 bridgehead atoms. The van der Waals surface area contributed by atoms with Crippen LogP contribution in [0.25, 0.3) is 0 Å². The highest BCUT2D eigenvalue weighted by molar-refractivity contribution is 7.96. The highest BCUT2D eigenvalue weighted by Crippen LogP contribution is 1.84. The molecule has 0 amide bonds. The Balaban J connectivity index is 3.32. The van der Waals surface area contributed by atoms with Crippen LogP contribution in [0.5, 0.6) is 0 Å². The predicted octanol–water partition coefficient (Wildman–Crippen LogP) is 0.731. The van der Waals surface area contributed by atoms with Crippen molar-refractivity contribution in [1.82, 2.24) is 0 Å². The van der Waals surface area contributed by atoms with Gasteiger partial charge in [-0.25, -0.2) is 9.59 Å². The summed E-state index contributed by atoms with van der Waals surface area (Å²) in [6, 6.07) is 0. The van der Waals surface area contributed by atoms with Crippen molar-refractivity contribution in [3.63, 3.8) is 0 Å². The summed E-state index contributed by atoms with van der Waals surface area (Å²) in [5.41, 5.74) is 0. The molecule has 0 aliphatic heterocycles. The van der Waals surface area contributed by atoms with E-state index in [4.69, 9.17) is 5.11 Å². The van der Waals surface area contributed by atoms with E-state index in [-0.39, 0.29) is 0 Å². The maximum Gasteiger partial charge on any atom is 0.514 e. The van der Waals surface area contributed by atoms with Gasteiger partial charge in [0, 0.05) is 0 Å². The molecule has 0 rings (SSSR count). The highest BCUT2D eigenvalue weighted by atomic mass is 32.1. The molecule has 0 saturated heterocycles. The van der Waals surface area contributed by atoms with Gasteiger partial charge in [0.05, 0.1) is 0 Å². The molecule has 0 aliphatic carbocycles. The van der Waals surface area contributed by atoms with Gasteiger partial charge in [0.1, 0.15) is 0 Å². The smallest absolute Gasteiger partial charge is 0.449 e. The Morgan fingerprint density at radius 3 is 2.00 bits per heavy atom. The number of carboxylic acid groups (broad SMARTS) is 1. The molecule has 0 heterocycles. The molecule has 7 heavy (non-hydrogen) atoms. The summed E-state index contributed by atoms with van der Waals surface area (Å²) < 4.78 is 3.39. The van der Waals surface area contributed by atoms with Crippen LogP contribution in [0.15, 0.2) is 0 Å². The largest absolute Gasteiger partial charge is 0.514 e.